The van der Waals surface area contributed by atoms with Crippen molar-refractivity contribution in [1.29, 1.82) is 0 Å². The van der Waals surface area contributed by atoms with Gasteiger partial charge in [-0.1, -0.05) is 12.5 Å². The molecule has 23 heavy (non-hydrogen) atoms. The topological polar surface area (TPSA) is 61.8 Å². The molecule has 1 atom stereocenters. The van der Waals surface area contributed by atoms with Crippen molar-refractivity contribution in [2.75, 3.05) is 39.1 Å². The number of amides is 1. The normalized spacial score (nSPS) is 18.6. The first-order valence-corrected chi connectivity index (χ1v) is 9.10. The van der Waals surface area contributed by atoms with E-state index in [1.165, 1.54) is 24.6 Å². The molecular formula is C17H26N2O3S. The van der Waals surface area contributed by atoms with E-state index in [-0.39, 0.29) is 18.6 Å². The Morgan fingerprint density at radius 1 is 1.48 bits per heavy atom. The first-order chi connectivity index (χ1) is 11.2. The van der Waals surface area contributed by atoms with Gasteiger partial charge in [0.1, 0.15) is 5.75 Å². The second-order valence-electron chi connectivity index (χ2n) is 5.69. The summed E-state index contributed by atoms with van der Waals surface area (Å²) in [7, 11) is 1.64. The number of hydrogen-bond donors (Lipinski definition) is 2. The van der Waals surface area contributed by atoms with Gasteiger partial charge in [0.15, 0.2) is 0 Å². The third-order valence-corrected chi connectivity index (χ3v) is 5.09. The van der Waals surface area contributed by atoms with Crippen LogP contribution in [0.4, 0.5) is 0 Å². The number of nitrogens with one attached hydrogen (secondary N) is 1. The highest BCUT2D eigenvalue weighted by Crippen LogP contribution is 2.22. The zero-order valence-electron chi connectivity index (χ0n) is 13.7. The summed E-state index contributed by atoms with van der Waals surface area (Å²) in [6.07, 6.45) is 3.41. The lowest BCUT2D eigenvalue weighted by molar-refractivity contribution is -0.118. The lowest BCUT2D eigenvalue weighted by Crippen LogP contribution is -2.45. The average molecular weight is 338 g/mol. The summed E-state index contributed by atoms with van der Waals surface area (Å²) >= 11 is 1.50. The van der Waals surface area contributed by atoms with Crippen LogP contribution < -0.4 is 10.1 Å². The minimum absolute atomic E-state index is 0.0374. The van der Waals surface area contributed by atoms with Gasteiger partial charge in [0, 0.05) is 24.0 Å². The van der Waals surface area contributed by atoms with Gasteiger partial charge >= 0.3 is 0 Å². The average Bonchev–Trinajstić information content (AvgIpc) is 2.60. The molecule has 0 unspecified atom stereocenters. The molecule has 1 aromatic carbocycles. The summed E-state index contributed by atoms with van der Waals surface area (Å²) in [5.41, 5.74) is 0. The highest BCUT2D eigenvalue weighted by Gasteiger charge is 2.20. The molecule has 128 valence electrons. The molecule has 2 N–H and O–H groups in total. The summed E-state index contributed by atoms with van der Waals surface area (Å²) in [6.45, 7) is 2.66. The number of methoxy groups -OCH3 is 1. The molecule has 1 aromatic rings. The lowest BCUT2D eigenvalue weighted by atomic mass is 10.0. The van der Waals surface area contributed by atoms with Gasteiger partial charge in [0.2, 0.25) is 5.91 Å². The monoisotopic (exact) mass is 338 g/mol. The van der Waals surface area contributed by atoms with Crippen LogP contribution in [0.15, 0.2) is 29.2 Å². The number of piperidine rings is 1. The predicted octanol–water partition coefficient (Wildman–Crippen LogP) is 1.75. The van der Waals surface area contributed by atoms with Gasteiger partial charge in [-0.15, -0.1) is 11.8 Å². The highest BCUT2D eigenvalue weighted by molar-refractivity contribution is 8.00. The molecule has 1 aliphatic heterocycles. The quantitative estimate of drug-likeness (QED) is 0.707. The van der Waals surface area contributed by atoms with Crippen molar-refractivity contribution in [3.05, 3.63) is 24.3 Å². The van der Waals surface area contributed by atoms with Gasteiger partial charge in [0.05, 0.1) is 19.5 Å². The van der Waals surface area contributed by atoms with E-state index in [0.29, 0.717) is 12.3 Å². The number of thioether (sulfide) groups is 1. The SMILES string of the molecule is COc1cccc(SCC(=O)NCCN2CCCC[C@H]2CO)c1. The van der Waals surface area contributed by atoms with Crippen molar-refractivity contribution in [3.8, 4) is 5.75 Å². The maximum atomic E-state index is 11.9. The third-order valence-electron chi connectivity index (χ3n) is 4.09. The van der Waals surface area contributed by atoms with Crippen LogP contribution in [-0.4, -0.2) is 61.1 Å². The Hall–Kier alpha value is -1.24. The molecule has 6 heteroatoms. The number of hydrogen-bond acceptors (Lipinski definition) is 5. The summed E-state index contributed by atoms with van der Waals surface area (Å²) < 4.78 is 5.17. The van der Waals surface area contributed by atoms with Crippen molar-refractivity contribution >= 4 is 17.7 Å². The van der Waals surface area contributed by atoms with Crippen LogP contribution in [0.2, 0.25) is 0 Å². The van der Waals surface area contributed by atoms with Crippen LogP contribution in [0.25, 0.3) is 0 Å². The molecule has 0 radical (unpaired) electrons. The molecule has 0 aromatic heterocycles. The minimum Gasteiger partial charge on any atom is -0.497 e. The van der Waals surface area contributed by atoms with Gasteiger partial charge in [-0.05, 0) is 37.6 Å². The Morgan fingerprint density at radius 3 is 3.13 bits per heavy atom. The van der Waals surface area contributed by atoms with E-state index in [4.69, 9.17) is 4.74 Å². The summed E-state index contributed by atoms with van der Waals surface area (Å²) in [6, 6.07) is 7.97. The molecule has 1 amide bonds. The van der Waals surface area contributed by atoms with Crippen molar-refractivity contribution in [2.24, 2.45) is 0 Å². The Balaban J connectivity index is 1.66. The van der Waals surface area contributed by atoms with E-state index < -0.39 is 0 Å². The Bertz CT molecular complexity index is 498. The first-order valence-electron chi connectivity index (χ1n) is 8.11. The molecule has 5 nitrogen and oxygen atoms in total. The number of benzene rings is 1. The fourth-order valence-electron chi connectivity index (χ4n) is 2.79. The standard InChI is InChI=1S/C17H26N2O3S/c1-22-15-6-4-7-16(11-15)23-13-17(21)18-8-10-19-9-3-2-5-14(19)12-20/h4,6-7,11,14,20H,2-3,5,8-10,12-13H2,1H3,(H,18,21)/t14-/m0/s1. The minimum atomic E-state index is 0.0374. The number of carbonyl (C=O) groups is 1. The number of rotatable bonds is 8. The number of nitrogens with zero attached hydrogens (tertiary/aromatic N) is 1. The first kappa shape index (κ1) is 18.1. The van der Waals surface area contributed by atoms with Crippen molar-refractivity contribution in [1.82, 2.24) is 10.2 Å². The number of ether oxygens (including phenoxy) is 1. The van der Waals surface area contributed by atoms with Crippen LogP contribution in [-0.2, 0) is 4.79 Å². The van der Waals surface area contributed by atoms with Gasteiger partial charge in [-0.2, -0.15) is 0 Å². The molecule has 0 saturated carbocycles. The Morgan fingerprint density at radius 2 is 2.35 bits per heavy atom. The number of aliphatic hydroxyl groups is 1. The van der Waals surface area contributed by atoms with E-state index in [2.05, 4.69) is 10.2 Å². The van der Waals surface area contributed by atoms with Gasteiger partial charge < -0.3 is 15.2 Å². The van der Waals surface area contributed by atoms with Gasteiger partial charge in [0.25, 0.3) is 0 Å². The second kappa shape index (κ2) is 9.80. The molecule has 0 spiro atoms. The molecule has 1 fully saturated rings. The second-order valence-corrected chi connectivity index (χ2v) is 6.73. The lowest BCUT2D eigenvalue weighted by Gasteiger charge is -2.34. The van der Waals surface area contributed by atoms with Crippen LogP contribution in [0, 0.1) is 0 Å². The highest BCUT2D eigenvalue weighted by atomic mass is 32.2. The summed E-state index contributed by atoms with van der Waals surface area (Å²) in [5, 5.41) is 12.3. The zero-order valence-corrected chi connectivity index (χ0v) is 14.5. The van der Waals surface area contributed by atoms with E-state index in [1.54, 1.807) is 7.11 Å². The van der Waals surface area contributed by atoms with E-state index >= 15 is 0 Å². The number of carbonyl (C=O) groups excluding carboxylic acids is 1. The van der Waals surface area contributed by atoms with E-state index in [1.807, 2.05) is 24.3 Å². The molecule has 0 bridgehead atoms. The molecule has 1 saturated heterocycles. The van der Waals surface area contributed by atoms with Crippen LogP contribution >= 0.6 is 11.8 Å². The van der Waals surface area contributed by atoms with Crippen molar-refractivity contribution in [2.45, 2.75) is 30.2 Å². The molecule has 0 aliphatic carbocycles. The maximum Gasteiger partial charge on any atom is 0.230 e. The van der Waals surface area contributed by atoms with Crippen LogP contribution in [0.3, 0.4) is 0 Å². The van der Waals surface area contributed by atoms with Crippen molar-refractivity contribution in [3.63, 3.8) is 0 Å². The van der Waals surface area contributed by atoms with E-state index in [0.717, 1.165) is 30.2 Å². The van der Waals surface area contributed by atoms with Crippen molar-refractivity contribution < 1.29 is 14.6 Å². The molecule has 2 rings (SSSR count). The smallest absolute Gasteiger partial charge is 0.230 e. The van der Waals surface area contributed by atoms with Gasteiger partial charge in [-0.25, -0.2) is 0 Å². The van der Waals surface area contributed by atoms with Crippen LogP contribution in [0.1, 0.15) is 19.3 Å². The Kier molecular flexibility index (Phi) is 7.71. The Labute approximate surface area is 142 Å². The van der Waals surface area contributed by atoms with E-state index in [9.17, 15) is 9.90 Å². The molecular weight excluding hydrogens is 312 g/mol. The third kappa shape index (κ3) is 6.05. The fraction of sp³-hybridized carbons (Fsp3) is 0.588. The summed E-state index contributed by atoms with van der Waals surface area (Å²) in [4.78, 5) is 15.2. The predicted molar refractivity (Wildman–Crippen MR) is 93.0 cm³/mol. The van der Waals surface area contributed by atoms with Crippen LogP contribution in [0.5, 0.6) is 5.75 Å². The fourth-order valence-corrected chi connectivity index (χ4v) is 3.57. The van der Waals surface area contributed by atoms with Gasteiger partial charge in [-0.3, -0.25) is 9.69 Å². The summed E-state index contributed by atoms with van der Waals surface area (Å²) in [5.74, 6) is 1.24. The molecule has 1 aliphatic rings. The zero-order chi connectivity index (χ0) is 16.5. The maximum absolute atomic E-state index is 11.9. The number of likely N-dealkylation sites (tertiary alicyclic amines) is 1. The molecule has 1 heterocycles. The largest absolute Gasteiger partial charge is 0.497 e. The number of aliphatic hydroxyl groups excluding tert-OH is 1.